The third-order valence-corrected chi connectivity index (χ3v) is 3.49. The largest absolute Gasteiger partial charge is 0.364 e. The molecule has 1 heterocycles. The maximum atomic E-state index is 13.1. The number of nitrogens with zero attached hydrogens (tertiary/aromatic N) is 2. The van der Waals surface area contributed by atoms with Crippen molar-refractivity contribution in [1.82, 2.24) is 10.2 Å². The summed E-state index contributed by atoms with van der Waals surface area (Å²) in [6.07, 6.45) is 0. The third kappa shape index (κ3) is 3.54. The lowest BCUT2D eigenvalue weighted by Gasteiger charge is -2.14. The van der Waals surface area contributed by atoms with Crippen LogP contribution in [0.1, 0.15) is 42.1 Å². The lowest BCUT2D eigenvalue weighted by molar-refractivity contribution is 0.580. The zero-order valence-electron chi connectivity index (χ0n) is 12.7. The van der Waals surface area contributed by atoms with Gasteiger partial charge in [0.15, 0.2) is 5.82 Å². The highest BCUT2D eigenvalue weighted by Gasteiger charge is 2.12. The molecule has 0 saturated carbocycles. The smallest absolute Gasteiger partial charge is 0.152 e. The van der Waals surface area contributed by atoms with Crippen LogP contribution < -0.4 is 5.32 Å². The predicted octanol–water partition coefficient (Wildman–Crippen LogP) is 4.11. The zero-order valence-corrected chi connectivity index (χ0v) is 12.7. The number of nitrogens with one attached hydrogen (secondary N) is 1. The molecule has 0 amide bonds. The van der Waals surface area contributed by atoms with Gasteiger partial charge < -0.3 is 5.32 Å². The normalized spacial score (nSPS) is 11.0. The average Bonchev–Trinajstić information content (AvgIpc) is 2.39. The van der Waals surface area contributed by atoms with Gasteiger partial charge in [-0.2, -0.15) is 5.10 Å². The molecular weight excluding hydrogens is 272 g/mol. The van der Waals surface area contributed by atoms with E-state index in [1.165, 1.54) is 12.1 Å². The number of hydrogen-bond donors (Lipinski definition) is 1. The molecule has 0 atom stereocenters. The molecule has 1 N–H and O–H groups in total. The molecule has 1 aromatic heterocycles. The van der Waals surface area contributed by atoms with E-state index in [4.69, 9.17) is 0 Å². The molecule has 0 aliphatic rings. The summed E-state index contributed by atoms with van der Waals surface area (Å²) in [6, 6.07) is 3.46. The molecule has 5 heteroatoms. The van der Waals surface area contributed by atoms with Crippen molar-refractivity contribution in [3.8, 4) is 0 Å². The number of hydrogen-bond acceptors (Lipinski definition) is 3. The molecule has 3 nitrogen and oxygen atoms in total. The molecule has 0 unspecified atom stereocenters. The zero-order chi connectivity index (χ0) is 15.6. The highest BCUT2D eigenvalue weighted by atomic mass is 19.1. The number of anilines is 1. The Morgan fingerprint density at radius 3 is 2.19 bits per heavy atom. The van der Waals surface area contributed by atoms with E-state index in [-0.39, 0.29) is 0 Å². The van der Waals surface area contributed by atoms with E-state index < -0.39 is 11.6 Å². The quantitative estimate of drug-likeness (QED) is 0.921. The van der Waals surface area contributed by atoms with Gasteiger partial charge in [0, 0.05) is 12.6 Å². The first-order valence-corrected chi connectivity index (χ1v) is 6.91. The highest BCUT2D eigenvalue weighted by Crippen LogP contribution is 2.23. The maximum absolute atomic E-state index is 13.1. The van der Waals surface area contributed by atoms with Gasteiger partial charge in [0.2, 0.25) is 0 Å². The van der Waals surface area contributed by atoms with Gasteiger partial charge in [0.1, 0.15) is 11.6 Å². The van der Waals surface area contributed by atoms with Crippen LogP contribution in [-0.2, 0) is 6.54 Å². The van der Waals surface area contributed by atoms with Crippen molar-refractivity contribution in [3.63, 3.8) is 0 Å². The molecule has 0 aliphatic heterocycles. The molecule has 0 aliphatic carbocycles. The van der Waals surface area contributed by atoms with Gasteiger partial charge in [0.25, 0.3) is 0 Å². The summed E-state index contributed by atoms with van der Waals surface area (Å²) in [5.41, 5.74) is 3.59. The minimum absolute atomic E-state index is 0.296. The second-order valence-corrected chi connectivity index (χ2v) is 5.47. The second-order valence-electron chi connectivity index (χ2n) is 5.47. The maximum Gasteiger partial charge on any atom is 0.152 e. The molecule has 0 fully saturated rings. The molecule has 1 aromatic carbocycles. The summed E-state index contributed by atoms with van der Waals surface area (Å²) in [4.78, 5) is 0. The monoisotopic (exact) mass is 291 g/mol. The SMILES string of the molecule is Cc1c(NCc2cc(F)cc(F)c2)nnc(C(C)C)c1C. The molecule has 2 rings (SSSR count). The van der Waals surface area contributed by atoms with Crippen molar-refractivity contribution in [2.75, 3.05) is 5.32 Å². The Hall–Kier alpha value is -2.04. The van der Waals surface area contributed by atoms with Crippen molar-refractivity contribution >= 4 is 5.82 Å². The average molecular weight is 291 g/mol. The highest BCUT2D eigenvalue weighted by molar-refractivity contribution is 5.48. The molecule has 2 aromatic rings. The summed E-state index contributed by atoms with van der Waals surface area (Å²) in [7, 11) is 0. The first-order chi connectivity index (χ1) is 9.88. The van der Waals surface area contributed by atoms with E-state index in [1.54, 1.807) is 0 Å². The van der Waals surface area contributed by atoms with E-state index in [9.17, 15) is 8.78 Å². The Morgan fingerprint density at radius 2 is 1.62 bits per heavy atom. The van der Waals surface area contributed by atoms with Crippen molar-refractivity contribution in [3.05, 3.63) is 52.2 Å². The molecule has 0 spiro atoms. The first kappa shape index (κ1) is 15.4. The molecule has 0 radical (unpaired) electrons. The van der Waals surface area contributed by atoms with Crippen molar-refractivity contribution in [1.29, 1.82) is 0 Å². The fourth-order valence-electron chi connectivity index (χ4n) is 2.24. The number of benzene rings is 1. The van der Waals surface area contributed by atoms with E-state index >= 15 is 0 Å². The van der Waals surface area contributed by atoms with Gasteiger partial charge in [-0.15, -0.1) is 5.10 Å². The van der Waals surface area contributed by atoms with Gasteiger partial charge in [-0.05, 0) is 48.6 Å². The Bertz CT molecular complexity index is 634. The Kier molecular flexibility index (Phi) is 4.50. The summed E-state index contributed by atoms with van der Waals surface area (Å²) in [5.74, 6) is -0.217. The first-order valence-electron chi connectivity index (χ1n) is 6.91. The minimum Gasteiger partial charge on any atom is -0.364 e. The van der Waals surface area contributed by atoms with Crippen molar-refractivity contribution in [2.45, 2.75) is 40.2 Å². The fraction of sp³-hybridized carbons (Fsp3) is 0.375. The Labute approximate surface area is 123 Å². The van der Waals surface area contributed by atoms with Crippen LogP contribution in [0.4, 0.5) is 14.6 Å². The predicted molar refractivity (Wildman–Crippen MR) is 79.3 cm³/mol. The van der Waals surface area contributed by atoms with Gasteiger partial charge in [-0.25, -0.2) is 8.78 Å². The topological polar surface area (TPSA) is 37.8 Å². The number of rotatable bonds is 4. The van der Waals surface area contributed by atoms with Crippen LogP contribution in [0.3, 0.4) is 0 Å². The van der Waals surface area contributed by atoms with Crippen LogP contribution in [0.2, 0.25) is 0 Å². The summed E-state index contributed by atoms with van der Waals surface area (Å²) >= 11 is 0. The minimum atomic E-state index is -0.582. The van der Waals surface area contributed by atoms with Gasteiger partial charge in [0.05, 0.1) is 5.69 Å². The van der Waals surface area contributed by atoms with Gasteiger partial charge >= 0.3 is 0 Å². The van der Waals surface area contributed by atoms with Crippen LogP contribution >= 0.6 is 0 Å². The van der Waals surface area contributed by atoms with E-state index in [0.717, 1.165) is 22.9 Å². The van der Waals surface area contributed by atoms with Crippen LogP contribution in [0.15, 0.2) is 18.2 Å². The second kappa shape index (κ2) is 6.16. The van der Waals surface area contributed by atoms with E-state index in [0.29, 0.717) is 23.8 Å². The van der Waals surface area contributed by atoms with Crippen molar-refractivity contribution in [2.24, 2.45) is 0 Å². The summed E-state index contributed by atoms with van der Waals surface area (Å²) < 4.78 is 26.3. The number of aromatic nitrogens is 2. The summed E-state index contributed by atoms with van der Waals surface area (Å²) in [6.45, 7) is 8.40. The third-order valence-electron chi connectivity index (χ3n) is 3.49. The van der Waals surface area contributed by atoms with Crippen LogP contribution in [0.25, 0.3) is 0 Å². The van der Waals surface area contributed by atoms with Crippen LogP contribution in [-0.4, -0.2) is 10.2 Å². The molecular formula is C16H19F2N3. The van der Waals surface area contributed by atoms with Gasteiger partial charge in [-0.3, -0.25) is 0 Å². The van der Waals surface area contributed by atoms with Crippen LogP contribution in [0, 0.1) is 25.5 Å². The lowest BCUT2D eigenvalue weighted by atomic mass is 10.0. The van der Waals surface area contributed by atoms with Crippen molar-refractivity contribution < 1.29 is 8.78 Å². The van der Waals surface area contributed by atoms with Crippen LogP contribution in [0.5, 0.6) is 0 Å². The molecule has 21 heavy (non-hydrogen) atoms. The molecule has 0 bridgehead atoms. The van der Waals surface area contributed by atoms with E-state index in [2.05, 4.69) is 29.4 Å². The standard InChI is InChI=1S/C16H19F2N3/c1-9(2)15-10(3)11(4)16(21-20-15)19-8-12-5-13(17)7-14(18)6-12/h5-7,9H,8H2,1-4H3,(H,19,21). The Morgan fingerprint density at radius 1 is 1.00 bits per heavy atom. The lowest BCUT2D eigenvalue weighted by Crippen LogP contribution is -2.09. The fourth-order valence-corrected chi connectivity index (χ4v) is 2.24. The van der Waals surface area contributed by atoms with Gasteiger partial charge in [-0.1, -0.05) is 13.8 Å². The molecule has 0 saturated heterocycles. The Balaban J connectivity index is 2.19. The number of halogens is 2. The summed E-state index contributed by atoms with van der Waals surface area (Å²) in [5, 5.41) is 11.5. The molecule has 112 valence electrons. The van der Waals surface area contributed by atoms with E-state index in [1.807, 2.05) is 13.8 Å².